The second-order valence-corrected chi connectivity index (χ2v) is 21.5. The zero-order chi connectivity index (χ0) is 50.6. The lowest BCUT2D eigenvalue weighted by Gasteiger charge is -2.45. The summed E-state index contributed by atoms with van der Waals surface area (Å²) in [5.41, 5.74) is 7.58. The highest BCUT2D eigenvalue weighted by Gasteiger charge is 2.60. The third kappa shape index (κ3) is 6.72. The number of aromatic amines is 1. The number of fused-ring (bicyclic) bond motifs is 5. The average molecular weight is 989 g/mol. The number of hydrogen-bond donors (Lipinski definition) is 1. The summed E-state index contributed by atoms with van der Waals surface area (Å²) in [7, 11) is 1.65. The molecule has 4 aromatic heterocycles. The Kier molecular flexibility index (Phi) is 9.92. The number of amides is 2. The van der Waals surface area contributed by atoms with Crippen LogP contribution in [0.5, 0.6) is 0 Å². The summed E-state index contributed by atoms with van der Waals surface area (Å²) in [6, 6.07) is 12.4. The number of halogens is 2. The minimum atomic E-state index is -0.964. The summed E-state index contributed by atoms with van der Waals surface area (Å²) < 4.78 is 45.1. The average Bonchev–Trinajstić information content (AvgIpc) is 4.02. The number of benzene rings is 2. The molecule has 1 aliphatic carbocycles. The molecule has 2 amide bonds. The molecule has 7 aliphatic rings. The third-order valence-corrected chi connectivity index (χ3v) is 16.5. The van der Waals surface area contributed by atoms with Crippen molar-refractivity contribution in [3.05, 3.63) is 128 Å². The second kappa shape index (κ2) is 16.0. The van der Waals surface area contributed by atoms with Gasteiger partial charge in [-0.25, -0.2) is 23.6 Å². The van der Waals surface area contributed by atoms with Crippen LogP contribution in [0, 0.1) is 37.3 Å². The van der Waals surface area contributed by atoms with Crippen LogP contribution in [0.1, 0.15) is 104 Å². The Bertz CT molecular complexity index is 3570. The van der Waals surface area contributed by atoms with Crippen molar-refractivity contribution in [3.63, 3.8) is 0 Å². The van der Waals surface area contributed by atoms with E-state index in [0.717, 1.165) is 23.9 Å². The van der Waals surface area contributed by atoms with Crippen molar-refractivity contribution < 1.29 is 27.6 Å². The van der Waals surface area contributed by atoms with Crippen LogP contribution in [0.2, 0.25) is 0 Å². The summed E-state index contributed by atoms with van der Waals surface area (Å²) in [5.74, 6) is -2.04. The molecule has 1 saturated carbocycles. The number of aryl methyl sites for hydroxylation is 2. The predicted octanol–water partition coefficient (Wildman–Crippen LogP) is 8.12. The molecule has 1 N–H and O–H groups in total. The number of nitrogens with zero attached hydrogens (tertiary/aromatic N) is 11. The first-order valence-electron chi connectivity index (χ1n) is 25.1. The lowest BCUT2D eigenvalue weighted by molar-refractivity contribution is -0.117. The van der Waals surface area contributed by atoms with Crippen molar-refractivity contribution in [3.8, 4) is 0 Å². The van der Waals surface area contributed by atoms with Crippen LogP contribution < -0.4 is 20.6 Å². The number of carbonyl (C=O) groups excluding carboxylic acids is 2. The Morgan fingerprint density at radius 1 is 0.959 bits per heavy atom. The summed E-state index contributed by atoms with van der Waals surface area (Å²) >= 11 is 0. The highest BCUT2D eigenvalue weighted by atomic mass is 19.1. The number of hydrogen-bond acceptors (Lipinski definition) is 13. The maximum Gasteiger partial charge on any atom is 0.438 e. The first-order chi connectivity index (χ1) is 35.0. The minimum absolute atomic E-state index is 0.0280. The number of pyridine rings is 2. The van der Waals surface area contributed by atoms with E-state index < -0.39 is 35.2 Å². The summed E-state index contributed by atoms with van der Waals surface area (Å²) in [5, 5.41) is 11.5. The highest BCUT2D eigenvalue weighted by Crippen LogP contribution is 2.56. The quantitative estimate of drug-likeness (QED) is 0.164. The van der Waals surface area contributed by atoms with E-state index >= 15 is 13.6 Å². The summed E-state index contributed by atoms with van der Waals surface area (Å²) in [6.07, 6.45) is 10.0. The Balaban J connectivity index is 0.951. The van der Waals surface area contributed by atoms with Gasteiger partial charge < -0.3 is 28.9 Å². The van der Waals surface area contributed by atoms with Gasteiger partial charge in [0.2, 0.25) is 5.91 Å². The maximum absolute atomic E-state index is 16.5. The molecule has 6 aromatic rings. The zero-order valence-corrected chi connectivity index (χ0v) is 41.6. The molecule has 0 bridgehead atoms. The Morgan fingerprint density at radius 2 is 1.74 bits per heavy atom. The number of nitrogens with one attached hydrogen (secondary N) is 1. The van der Waals surface area contributed by atoms with Gasteiger partial charge in [0.1, 0.15) is 28.9 Å². The van der Waals surface area contributed by atoms with E-state index in [1.165, 1.54) is 4.90 Å². The number of likely N-dealkylation sites (N-methyl/N-ethyl adjacent to an activating group) is 1. The molecular formula is C54H54F2N12O5. The smallest absolute Gasteiger partial charge is 0.376 e. The normalized spacial score (nSPS) is 26.2. The van der Waals surface area contributed by atoms with E-state index in [2.05, 4.69) is 35.8 Å². The van der Waals surface area contributed by atoms with E-state index in [1.807, 2.05) is 64.4 Å². The number of aromatic nitrogens is 5. The van der Waals surface area contributed by atoms with Gasteiger partial charge in [-0.1, -0.05) is 12.1 Å². The lowest BCUT2D eigenvalue weighted by Crippen LogP contribution is -2.57. The van der Waals surface area contributed by atoms with Crippen molar-refractivity contribution in [2.45, 2.75) is 109 Å². The van der Waals surface area contributed by atoms with Crippen LogP contribution in [0.25, 0.3) is 22.1 Å². The molecular weight excluding hydrogens is 935 g/mol. The van der Waals surface area contributed by atoms with E-state index in [4.69, 9.17) is 29.3 Å². The molecule has 2 fully saturated rings. The molecule has 374 valence electrons. The standard InChI is InChI=1S/C54H54F2N12O5/c1-27-19-32(20-28(2)44(27)55)68-49(65-17-16-64(26-65)38-11-10-37-34(45(38)56)21-42(69)63(37)7)43-30(4)66(39-9-8-14-58-47(39)48(43)61-68)50(70)41-22-35-40(67(41)54(24-29(54)3)51-60-52(71)73-62-51)23-36-46(59-35)33(12-15-57-36)31-13-18-72-53(5,6)25-31/h10-12,14-17,19-20,22-23,29-31,43,49H,8-9,13,18,21,24-26H2,1-7H3,(H,60,62,71)/t29-,30?,31?,43?,49?,54?/m0/s1. The number of carbonyl (C=O) groups is 2. The van der Waals surface area contributed by atoms with Crippen LogP contribution in [0.15, 0.2) is 91.9 Å². The molecule has 5 unspecified atom stereocenters. The van der Waals surface area contributed by atoms with Crippen LogP contribution >= 0.6 is 0 Å². The number of H-pyrrole nitrogens is 1. The van der Waals surface area contributed by atoms with Gasteiger partial charge in [-0.05, 0) is 138 Å². The van der Waals surface area contributed by atoms with Crippen molar-refractivity contribution >= 4 is 62.9 Å². The fraction of sp³-hybridized carbons (Fsp3) is 0.407. The Morgan fingerprint density at radius 3 is 2.48 bits per heavy atom. The van der Waals surface area contributed by atoms with Crippen molar-refractivity contribution in [1.82, 2.24) is 34.5 Å². The minimum Gasteiger partial charge on any atom is -0.376 e. The third-order valence-electron chi connectivity index (χ3n) is 16.5. The largest absolute Gasteiger partial charge is 0.438 e. The maximum atomic E-state index is 16.5. The van der Waals surface area contributed by atoms with Gasteiger partial charge in [0, 0.05) is 55.8 Å². The molecule has 6 aliphatic heterocycles. The molecule has 2 aromatic carbocycles. The summed E-state index contributed by atoms with van der Waals surface area (Å²) in [6.45, 7) is 12.6. The van der Waals surface area contributed by atoms with Gasteiger partial charge in [-0.2, -0.15) is 5.10 Å². The van der Waals surface area contributed by atoms with Gasteiger partial charge >= 0.3 is 5.76 Å². The Labute approximate surface area is 418 Å². The molecule has 0 spiro atoms. The first-order valence-corrected chi connectivity index (χ1v) is 25.1. The molecule has 1 saturated heterocycles. The highest BCUT2D eigenvalue weighted by molar-refractivity contribution is 6.10. The second-order valence-electron chi connectivity index (χ2n) is 21.5. The number of ether oxygens (including phenoxy) is 1. The van der Waals surface area contributed by atoms with E-state index in [9.17, 15) is 9.59 Å². The fourth-order valence-electron chi connectivity index (χ4n) is 12.8. The SMILES string of the molecule is Cc1cc(N2N=C3C4=C(CCC=N4)N(C(=O)c4cc5nc6c(C7CCOC(C)(C)C7)ccnc6cc5n4C4(c5noc(=O)[nH]5)C[C@@H]4C)C(C)C3C2N2C=CN(c3ccc4c(c3F)CC(=O)N4C)C2)cc(C)c1F. The fourth-order valence-corrected chi connectivity index (χ4v) is 12.8. The van der Waals surface area contributed by atoms with Crippen molar-refractivity contribution in [2.75, 3.05) is 35.1 Å². The predicted molar refractivity (Wildman–Crippen MR) is 270 cm³/mol. The topological polar surface area (TPSA) is 174 Å². The molecule has 19 heteroatoms. The summed E-state index contributed by atoms with van der Waals surface area (Å²) in [4.78, 5) is 66.9. The number of allylic oxidation sites excluding steroid dienone is 2. The van der Waals surface area contributed by atoms with Gasteiger partial charge in [0.05, 0.1) is 69.4 Å². The van der Waals surface area contributed by atoms with Gasteiger partial charge in [0.15, 0.2) is 11.6 Å². The van der Waals surface area contributed by atoms with Gasteiger partial charge in [-0.3, -0.25) is 29.1 Å². The molecule has 17 nitrogen and oxygen atoms in total. The number of rotatable bonds is 7. The van der Waals surface area contributed by atoms with Crippen LogP contribution in [0.3, 0.4) is 0 Å². The zero-order valence-electron chi connectivity index (χ0n) is 41.6. The van der Waals surface area contributed by atoms with E-state index in [-0.39, 0.29) is 48.2 Å². The molecule has 13 rings (SSSR count). The van der Waals surface area contributed by atoms with Crippen LogP contribution in [0.4, 0.5) is 25.8 Å². The monoisotopic (exact) mass is 988 g/mol. The first kappa shape index (κ1) is 45.3. The molecule has 73 heavy (non-hydrogen) atoms. The number of aliphatic imine (C=N–C) groups is 1. The van der Waals surface area contributed by atoms with Crippen molar-refractivity contribution in [1.29, 1.82) is 0 Å². The van der Waals surface area contributed by atoms with E-state index in [0.29, 0.717) is 105 Å². The van der Waals surface area contributed by atoms with Gasteiger partial charge in [0.25, 0.3) is 5.91 Å². The Hall–Kier alpha value is -7.54. The van der Waals surface area contributed by atoms with Crippen molar-refractivity contribution in [2.24, 2.45) is 21.9 Å². The number of anilines is 3. The lowest BCUT2D eigenvalue weighted by atomic mass is 9.83. The molecule has 6 atom stereocenters. The van der Waals surface area contributed by atoms with E-state index in [1.54, 1.807) is 50.1 Å². The van der Waals surface area contributed by atoms with Crippen LogP contribution in [-0.4, -0.2) is 96.3 Å². The van der Waals surface area contributed by atoms with Crippen LogP contribution in [-0.2, 0) is 21.5 Å². The molecule has 0 radical (unpaired) electrons. The molecule has 10 heterocycles. The van der Waals surface area contributed by atoms with Gasteiger partial charge in [-0.15, -0.1) is 0 Å². The number of hydrazone groups is 1.